The SMILES string of the molecule is NC(=O)COc1cccc(CN2CCC([C@H](O)Cc3ccccc3)CC2)c1. The lowest BCUT2D eigenvalue weighted by atomic mass is 9.88. The fourth-order valence-corrected chi connectivity index (χ4v) is 3.66. The largest absolute Gasteiger partial charge is 0.484 e. The third kappa shape index (κ3) is 6.08. The zero-order valence-electron chi connectivity index (χ0n) is 15.6. The highest BCUT2D eigenvalue weighted by Crippen LogP contribution is 2.25. The number of ether oxygens (including phenoxy) is 1. The van der Waals surface area contributed by atoms with Gasteiger partial charge in [0.15, 0.2) is 6.61 Å². The molecule has 0 unspecified atom stereocenters. The van der Waals surface area contributed by atoms with Crippen LogP contribution in [-0.4, -0.2) is 41.7 Å². The molecule has 0 saturated carbocycles. The molecular formula is C22H28N2O3. The number of rotatable bonds is 8. The van der Waals surface area contributed by atoms with Crippen LogP contribution in [0.25, 0.3) is 0 Å². The molecule has 5 heteroatoms. The summed E-state index contributed by atoms with van der Waals surface area (Å²) in [6.45, 7) is 2.69. The van der Waals surface area contributed by atoms with E-state index < -0.39 is 5.91 Å². The van der Waals surface area contributed by atoms with E-state index in [4.69, 9.17) is 10.5 Å². The molecule has 1 aliphatic heterocycles. The molecule has 144 valence electrons. The molecule has 3 rings (SSSR count). The highest BCUT2D eigenvalue weighted by molar-refractivity contribution is 5.75. The van der Waals surface area contributed by atoms with E-state index >= 15 is 0 Å². The lowest BCUT2D eigenvalue weighted by molar-refractivity contribution is -0.119. The van der Waals surface area contributed by atoms with E-state index in [2.05, 4.69) is 23.1 Å². The summed E-state index contributed by atoms with van der Waals surface area (Å²) in [5, 5.41) is 10.6. The van der Waals surface area contributed by atoms with Gasteiger partial charge in [-0.1, -0.05) is 42.5 Å². The summed E-state index contributed by atoms with van der Waals surface area (Å²) < 4.78 is 5.38. The zero-order chi connectivity index (χ0) is 19.1. The quantitative estimate of drug-likeness (QED) is 0.750. The van der Waals surface area contributed by atoms with Gasteiger partial charge in [0, 0.05) is 6.54 Å². The van der Waals surface area contributed by atoms with E-state index in [-0.39, 0.29) is 12.7 Å². The van der Waals surface area contributed by atoms with Gasteiger partial charge in [0.1, 0.15) is 5.75 Å². The molecule has 1 fully saturated rings. The van der Waals surface area contributed by atoms with Crippen molar-refractivity contribution in [2.75, 3.05) is 19.7 Å². The van der Waals surface area contributed by atoms with Gasteiger partial charge in [0.2, 0.25) is 0 Å². The Hall–Kier alpha value is -2.37. The third-order valence-corrected chi connectivity index (χ3v) is 5.15. The van der Waals surface area contributed by atoms with Crippen molar-refractivity contribution in [3.05, 3.63) is 65.7 Å². The van der Waals surface area contributed by atoms with Gasteiger partial charge in [-0.2, -0.15) is 0 Å². The predicted molar refractivity (Wildman–Crippen MR) is 105 cm³/mol. The first-order valence-corrected chi connectivity index (χ1v) is 9.54. The Kier molecular flexibility index (Phi) is 6.85. The van der Waals surface area contributed by atoms with E-state index in [1.165, 1.54) is 5.56 Å². The molecule has 1 atom stereocenters. The molecule has 5 nitrogen and oxygen atoms in total. The Balaban J connectivity index is 1.46. The van der Waals surface area contributed by atoms with Crippen molar-refractivity contribution in [2.24, 2.45) is 11.7 Å². The minimum Gasteiger partial charge on any atom is -0.484 e. The van der Waals surface area contributed by atoms with E-state index in [9.17, 15) is 9.90 Å². The van der Waals surface area contributed by atoms with Gasteiger partial charge in [-0.15, -0.1) is 0 Å². The highest BCUT2D eigenvalue weighted by atomic mass is 16.5. The summed E-state index contributed by atoms with van der Waals surface area (Å²) in [6.07, 6.45) is 2.46. The number of aliphatic hydroxyl groups is 1. The minimum atomic E-state index is -0.475. The molecular weight excluding hydrogens is 340 g/mol. The first-order valence-electron chi connectivity index (χ1n) is 9.54. The monoisotopic (exact) mass is 368 g/mol. The molecule has 0 bridgehead atoms. The third-order valence-electron chi connectivity index (χ3n) is 5.15. The van der Waals surface area contributed by atoms with Gasteiger partial charge < -0.3 is 15.6 Å². The number of piperidine rings is 1. The van der Waals surface area contributed by atoms with Crippen LogP contribution < -0.4 is 10.5 Å². The number of nitrogens with two attached hydrogens (primary N) is 1. The molecule has 1 saturated heterocycles. The smallest absolute Gasteiger partial charge is 0.255 e. The van der Waals surface area contributed by atoms with Crippen molar-refractivity contribution >= 4 is 5.91 Å². The van der Waals surface area contributed by atoms with Gasteiger partial charge in [-0.05, 0) is 61.5 Å². The molecule has 1 aliphatic rings. The molecule has 0 radical (unpaired) electrons. The topological polar surface area (TPSA) is 75.8 Å². The number of nitrogens with zero attached hydrogens (tertiary/aromatic N) is 1. The number of amides is 1. The van der Waals surface area contributed by atoms with Gasteiger partial charge in [0.05, 0.1) is 6.10 Å². The number of hydrogen-bond acceptors (Lipinski definition) is 4. The average Bonchev–Trinajstić information content (AvgIpc) is 2.68. The van der Waals surface area contributed by atoms with E-state index in [1.807, 2.05) is 36.4 Å². The Morgan fingerprint density at radius 3 is 2.52 bits per heavy atom. The number of aliphatic hydroxyl groups excluding tert-OH is 1. The van der Waals surface area contributed by atoms with Gasteiger partial charge in [-0.3, -0.25) is 9.69 Å². The molecule has 2 aromatic rings. The second kappa shape index (κ2) is 9.53. The van der Waals surface area contributed by atoms with Crippen LogP contribution in [0.5, 0.6) is 5.75 Å². The number of likely N-dealkylation sites (tertiary alicyclic amines) is 1. The summed E-state index contributed by atoms with van der Waals surface area (Å²) in [4.78, 5) is 13.2. The van der Waals surface area contributed by atoms with Crippen LogP contribution in [0.1, 0.15) is 24.0 Å². The Bertz CT molecular complexity index is 727. The van der Waals surface area contributed by atoms with Gasteiger partial charge >= 0.3 is 0 Å². The highest BCUT2D eigenvalue weighted by Gasteiger charge is 2.25. The number of hydrogen-bond donors (Lipinski definition) is 2. The van der Waals surface area contributed by atoms with Crippen molar-refractivity contribution in [1.29, 1.82) is 0 Å². The van der Waals surface area contributed by atoms with Crippen LogP contribution in [0.15, 0.2) is 54.6 Å². The fraction of sp³-hybridized carbons (Fsp3) is 0.409. The fourth-order valence-electron chi connectivity index (χ4n) is 3.66. The summed E-state index contributed by atoms with van der Waals surface area (Å²) >= 11 is 0. The first-order chi connectivity index (χ1) is 13.1. The summed E-state index contributed by atoms with van der Waals surface area (Å²) in [7, 11) is 0. The predicted octanol–water partition coefficient (Wildman–Crippen LogP) is 2.37. The number of benzene rings is 2. The van der Waals surface area contributed by atoms with Crippen LogP contribution in [0.2, 0.25) is 0 Å². The van der Waals surface area contributed by atoms with Crippen molar-refractivity contribution in [3.63, 3.8) is 0 Å². The van der Waals surface area contributed by atoms with Crippen LogP contribution in [0, 0.1) is 5.92 Å². The summed E-state index contributed by atoms with van der Waals surface area (Å²) in [5.74, 6) is 0.544. The Labute approximate surface area is 160 Å². The van der Waals surface area contributed by atoms with E-state index in [0.717, 1.165) is 44.5 Å². The van der Waals surface area contributed by atoms with Crippen molar-refractivity contribution in [3.8, 4) is 5.75 Å². The molecule has 0 aromatic heterocycles. The van der Waals surface area contributed by atoms with Crippen LogP contribution in [0.4, 0.5) is 0 Å². The average molecular weight is 368 g/mol. The molecule has 0 aliphatic carbocycles. The second-order valence-corrected chi connectivity index (χ2v) is 7.27. The lowest BCUT2D eigenvalue weighted by Crippen LogP contribution is -2.38. The number of primary amides is 1. The van der Waals surface area contributed by atoms with E-state index in [1.54, 1.807) is 0 Å². The molecule has 3 N–H and O–H groups in total. The van der Waals surface area contributed by atoms with Gasteiger partial charge in [-0.25, -0.2) is 0 Å². The molecule has 1 heterocycles. The van der Waals surface area contributed by atoms with Gasteiger partial charge in [0.25, 0.3) is 5.91 Å². The first kappa shape index (κ1) is 19.4. The number of carbonyl (C=O) groups excluding carboxylic acids is 1. The van der Waals surface area contributed by atoms with Crippen LogP contribution in [0.3, 0.4) is 0 Å². The normalized spacial score (nSPS) is 16.8. The molecule has 1 amide bonds. The molecule has 2 aromatic carbocycles. The van der Waals surface area contributed by atoms with Crippen LogP contribution >= 0.6 is 0 Å². The standard InChI is InChI=1S/C22H28N2O3/c23-22(26)16-27-20-8-4-7-18(13-20)15-24-11-9-19(10-12-24)21(25)14-17-5-2-1-3-6-17/h1-8,13,19,21,25H,9-12,14-16H2,(H2,23,26)/t21-/m1/s1. The maximum atomic E-state index is 10.8. The second-order valence-electron chi connectivity index (χ2n) is 7.27. The summed E-state index contributed by atoms with van der Waals surface area (Å²) in [5.41, 5.74) is 7.47. The van der Waals surface area contributed by atoms with Crippen molar-refractivity contribution in [2.45, 2.75) is 31.9 Å². The minimum absolute atomic E-state index is 0.103. The van der Waals surface area contributed by atoms with Crippen LogP contribution in [-0.2, 0) is 17.8 Å². The maximum absolute atomic E-state index is 10.8. The molecule has 0 spiro atoms. The van der Waals surface area contributed by atoms with E-state index in [0.29, 0.717) is 11.7 Å². The number of carbonyl (C=O) groups is 1. The summed E-state index contributed by atoms with van der Waals surface area (Å²) in [6, 6.07) is 18.0. The zero-order valence-corrected chi connectivity index (χ0v) is 15.6. The van der Waals surface area contributed by atoms with Crippen molar-refractivity contribution in [1.82, 2.24) is 4.90 Å². The Morgan fingerprint density at radius 1 is 1.11 bits per heavy atom. The molecule has 27 heavy (non-hydrogen) atoms. The Morgan fingerprint density at radius 2 is 1.81 bits per heavy atom. The lowest BCUT2D eigenvalue weighted by Gasteiger charge is -2.34. The maximum Gasteiger partial charge on any atom is 0.255 e. The van der Waals surface area contributed by atoms with Crippen molar-refractivity contribution < 1.29 is 14.6 Å².